The molecule has 0 unspecified atom stereocenters. The van der Waals surface area contributed by atoms with Crippen LogP contribution in [0.5, 0.6) is 0 Å². The van der Waals surface area contributed by atoms with E-state index in [-0.39, 0.29) is 0 Å². The highest BCUT2D eigenvalue weighted by atomic mass is 16.6. The summed E-state index contributed by atoms with van der Waals surface area (Å²) in [6.45, 7) is 1.85. The molecule has 0 aromatic heterocycles. The van der Waals surface area contributed by atoms with Gasteiger partial charge in [0.25, 0.3) is 0 Å². The van der Waals surface area contributed by atoms with E-state index in [4.69, 9.17) is 0 Å². The number of aldehydes is 1. The minimum absolute atomic E-state index is 0.661. The standard InChI is InChI=1S/C10H11NO2/c1-8(11-13-2)10-5-3-9(7-12)4-6-10/h3-7H,1-2H3/b11-8-. The van der Waals surface area contributed by atoms with Crippen LogP contribution in [0.15, 0.2) is 29.4 Å². The number of nitrogens with zero attached hydrogens (tertiary/aromatic N) is 1. The molecule has 0 radical (unpaired) electrons. The normalized spacial score (nSPS) is 11.1. The maximum Gasteiger partial charge on any atom is 0.150 e. The summed E-state index contributed by atoms with van der Waals surface area (Å²) in [4.78, 5) is 15.0. The van der Waals surface area contributed by atoms with Crippen molar-refractivity contribution in [2.45, 2.75) is 6.92 Å². The van der Waals surface area contributed by atoms with Gasteiger partial charge in [0, 0.05) is 5.56 Å². The highest BCUT2D eigenvalue weighted by Gasteiger charge is 1.97. The van der Waals surface area contributed by atoms with Gasteiger partial charge in [0.05, 0.1) is 5.71 Å². The van der Waals surface area contributed by atoms with E-state index in [1.807, 2.05) is 19.1 Å². The van der Waals surface area contributed by atoms with Crippen LogP contribution in [0, 0.1) is 0 Å². The fourth-order valence-electron chi connectivity index (χ4n) is 0.993. The number of carbonyl (C=O) groups is 1. The van der Waals surface area contributed by atoms with E-state index in [2.05, 4.69) is 9.99 Å². The summed E-state index contributed by atoms with van der Waals surface area (Å²) >= 11 is 0. The zero-order valence-electron chi connectivity index (χ0n) is 7.65. The van der Waals surface area contributed by atoms with Crippen molar-refractivity contribution in [1.29, 1.82) is 0 Å². The zero-order chi connectivity index (χ0) is 9.68. The van der Waals surface area contributed by atoms with Crippen LogP contribution in [0.4, 0.5) is 0 Å². The Bertz CT molecular complexity index is 314. The fraction of sp³-hybridized carbons (Fsp3) is 0.200. The molecule has 0 amide bonds. The van der Waals surface area contributed by atoms with Gasteiger partial charge in [0.2, 0.25) is 0 Å². The molecule has 0 aliphatic carbocycles. The molecule has 13 heavy (non-hydrogen) atoms. The Morgan fingerprint density at radius 3 is 2.46 bits per heavy atom. The minimum atomic E-state index is 0.661. The Morgan fingerprint density at radius 2 is 2.00 bits per heavy atom. The Balaban J connectivity index is 2.91. The van der Waals surface area contributed by atoms with Crippen LogP contribution in [0.3, 0.4) is 0 Å². The number of hydrogen-bond acceptors (Lipinski definition) is 3. The van der Waals surface area contributed by atoms with E-state index in [1.54, 1.807) is 12.1 Å². The van der Waals surface area contributed by atoms with Crippen molar-refractivity contribution in [2.75, 3.05) is 7.11 Å². The smallest absolute Gasteiger partial charge is 0.150 e. The molecule has 0 aliphatic heterocycles. The first-order chi connectivity index (χ1) is 6.27. The van der Waals surface area contributed by atoms with Crippen LogP contribution in [-0.4, -0.2) is 19.1 Å². The predicted octanol–water partition coefficient (Wildman–Crippen LogP) is 1.87. The lowest BCUT2D eigenvalue weighted by molar-refractivity contribution is 0.112. The SMILES string of the molecule is CO/N=C(/C)c1ccc(C=O)cc1. The van der Waals surface area contributed by atoms with Crippen molar-refractivity contribution in [3.8, 4) is 0 Å². The quantitative estimate of drug-likeness (QED) is 0.401. The molecule has 1 aromatic carbocycles. The maximum atomic E-state index is 10.4. The second kappa shape index (κ2) is 4.40. The van der Waals surface area contributed by atoms with Gasteiger partial charge in [-0.05, 0) is 12.5 Å². The molecule has 3 nitrogen and oxygen atoms in total. The minimum Gasteiger partial charge on any atom is -0.399 e. The third-order valence-electron chi connectivity index (χ3n) is 1.69. The Kier molecular flexibility index (Phi) is 3.20. The molecule has 0 spiro atoms. The number of rotatable bonds is 3. The van der Waals surface area contributed by atoms with Gasteiger partial charge in [0.15, 0.2) is 0 Å². The van der Waals surface area contributed by atoms with Gasteiger partial charge in [-0.15, -0.1) is 0 Å². The monoisotopic (exact) mass is 177 g/mol. The molecule has 0 saturated carbocycles. The molecule has 0 saturated heterocycles. The molecule has 0 N–H and O–H groups in total. The van der Waals surface area contributed by atoms with Gasteiger partial charge >= 0.3 is 0 Å². The molecule has 0 aliphatic rings. The third-order valence-corrected chi connectivity index (χ3v) is 1.69. The van der Waals surface area contributed by atoms with Crippen molar-refractivity contribution in [1.82, 2.24) is 0 Å². The van der Waals surface area contributed by atoms with Gasteiger partial charge in [-0.2, -0.15) is 0 Å². The van der Waals surface area contributed by atoms with Crippen molar-refractivity contribution in [3.05, 3.63) is 35.4 Å². The number of hydrogen-bond donors (Lipinski definition) is 0. The van der Waals surface area contributed by atoms with Gasteiger partial charge in [0.1, 0.15) is 13.4 Å². The molecule has 1 aromatic rings. The van der Waals surface area contributed by atoms with Crippen molar-refractivity contribution in [3.63, 3.8) is 0 Å². The maximum absolute atomic E-state index is 10.4. The van der Waals surface area contributed by atoms with Gasteiger partial charge in [-0.25, -0.2) is 0 Å². The summed E-state index contributed by atoms with van der Waals surface area (Å²) in [6, 6.07) is 7.16. The molecule has 0 heterocycles. The van der Waals surface area contributed by atoms with Crippen LogP contribution < -0.4 is 0 Å². The summed E-state index contributed by atoms with van der Waals surface area (Å²) in [5, 5.41) is 3.78. The van der Waals surface area contributed by atoms with Crippen LogP contribution in [0.1, 0.15) is 22.8 Å². The molecule has 0 atom stereocenters. The lowest BCUT2D eigenvalue weighted by Crippen LogP contribution is -1.95. The van der Waals surface area contributed by atoms with Crippen LogP contribution >= 0.6 is 0 Å². The highest BCUT2D eigenvalue weighted by molar-refractivity contribution is 5.98. The summed E-state index contributed by atoms with van der Waals surface area (Å²) < 4.78 is 0. The van der Waals surface area contributed by atoms with E-state index in [0.29, 0.717) is 5.56 Å². The number of carbonyl (C=O) groups excluding carboxylic acids is 1. The Hall–Kier alpha value is -1.64. The fourth-order valence-corrected chi connectivity index (χ4v) is 0.993. The summed E-state index contributed by atoms with van der Waals surface area (Å²) in [5.74, 6) is 0. The topological polar surface area (TPSA) is 38.7 Å². The molecule has 68 valence electrons. The first-order valence-electron chi connectivity index (χ1n) is 3.91. The van der Waals surface area contributed by atoms with Crippen LogP contribution in [0.2, 0.25) is 0 Å². The van der Waals surface area contributed by atoms with Crippen molar-refractivity contribution < 1.29 is 9.63 Å². The van der Waals surface area contributed by atoms with Crippen molar-refractivity contribution >= 4 is 12.0 Å². The second-order valence-corrected chi connectivity index (χ2v) is 2.60. The second-order valence-electron chi connectivity index (χ2n) is 2.60. The van der Waals surface area contributed by atoms with E-state index in [9.17, 15) is 4.79 Å². The average Bonchev–Trinajstić information content (AvgIpc) is 2.18. The molecular formula is C10H11NO2. The van der Waals surface area contributed by atoms with E-state index >= 15 is 0 Å². The number of benzene rings is 1. The predicted molar refractivity (Wildman–Crippen MR) is 51.0 cm³/mol. The van der Waals surface area contributed by atoms with Gasteiger partial charge in [-0.1, -0.05) is 29.4 Å². The first-order valence-corrected chi connectivity index (χ1v) is 3.91. The first kappa shape index (κ1) is 9.45. The molecular weight excluding hydrogens is 166 g/mol. The molecule has 3 heteroatoms. The van der Waals surface area contributed by atoms with Crippen molar-refractivity contribution in [2.24, 2.45) is 5.16 Å². The third kappa shape index (κ3) is 2.40. The Labute approximate surface area is 77.0 Å². The van der Waals surface area contributed by atoms with Crippen LogP contribution in [-0.2, 0) is 4.84 Å². The highest BCUT2D eigenvalue weighted by Crippen LogP contribution is 2.04. The van der Waals surface area contributed by atoms with Gasteiger partial charge in [-0.3, -0.25) is 4.79 Å². The van der Waals surface area contributed by atoms with E-state index < -0.39 is 0 Å². The average molecular weight is 177 g/mol. The molecule has 0 bridgehead atoms. The molecule has 0 fully saturated rings. The van der Waals surface area contributed by atoms with E-state index in [0.717, 1.165) is 17.6 Å². The summed E-state index contributed by atoms with van der Waals surface area (Å²) in [5.41, 5.74) is 2.40. The summed E-state index contributed by atoms with van der Waals surface area (Å²) in [7, 11) is 1.50. The van der Waals surface area contributed by atoms with E-state index in [1.165, 1.54) is 7.11 Å². The lowest BCUT2D eigenvalue weighted by atomic mass is 10.1. The number of oxime groups is 1. The largest absolute Gasteiger partial charge is 0.399 e. The Morgan fingerprint density at radius 1 is 1.38 bits per heavy atom. The van der Waals surface area contributed by atoms with Crippen LogP contribution in [0.25, 0.3) is 0 Å². The van der Waals surface area contributed by atoms with Gasteiger partial charge < -0.3 is 4.84 Å². The lowest BCUT2D eigenvalue weighted by Gasteiger charge is -1.99. The summed E-state index contributed by atoms with van der Waals surface area (Å²) in [6.07, 6.45) is 0.812. The zero-order valence-corrected chi connectivity index (χ0v) is 7.65. The molecule has 1 rings (SSSR count).